The van der Waals surface area contributed by atoms with E-state index in [-0.39, 0.29) is 5.57 Å². The Morgan fingerprint density at radius 2 is 2.06 bits per heavy atom. The molecule has 1 rings (SSSR count). The SMILES string of the molecule is CC(C)(C)OC(=O)C1=CN(C(=O)O)OC=C1. The van der Waals surface area contributed by atoms with Gasteiger partial charge in [0.05, 0.1) is 11.8 Å². The normalized spacial score (nSPS) is 15.2. The second-order valence-electron chi connectivity index (χ2n) is 4.10. The molecule has 0 aromatic heterocycles. The van der Waals surface area contributed by atoms with Crippen LogP contribution >= 0.6 is 0 Å². The van der Waals surface area contributed by atoms with Crippen LogP contribution in [0.15, 0.2) is 24.1 Å². The highest BCUT2D eigenvalue weighted by molar-refractivity contribution is 5.92. The van der Waals surface area contributed by atoms with Gasteiger partial charge in [0.2, 0.25) is 0 Å². The minimum Gasteiger partial charge on any atom is -0.463 e. The van der Waals surface area contributed by atoms with Gasteiger partial charge in [-0.05, 0) is 26.8 Å². The van der Waals surface area contributed by atoms with E-state index in [1.54, 1.807) is 20.8 Å². The average molecular weight is 227 g/mol. The molecule has 0 saturated carbocycles. The van der Waals surface area contributed by atoms with Gasteiger partial charge in [-0.2, -0.15) is 0 Å². The first-order chi connectivity index (χ1) is 7.29. The zero-order chi connectivity index (χ0) is 12.3. The molecule has 1 heterocycles. The molecule has 0 saturated heterocycles. The summed E-state index contributed by atoms with van der Waals surface area (Å²) in [7, 11) is 0. The molecule has 0 aliphatic carbocycles. The molecule has 0 atom stereocenters. The predicted octanol–water partition coefficient (Wildman–Crippen LogP) is 1.65. The highest BCUT2D eigenvalue weighted by Gasteiger charge is 2.22. The number of carbonyl (C=O) groups is 2. The molecule has 0 fully saturated rings. The summed E-state index contributed by atoms with van der Waals surface area (Å²) in [5.74, 6) is -0.599. The summed E-state index contributed by atoms with van der Waals surface area (Å²) in [5, 5.41) is 9.17. The summed E-state index contributed by atoms with van der Waals surface area (Å²) in [5.41, 5.74) is -0.512. The molecule has 16 heavy (non-hydrogen) atoms. The smallest absolute Gasteiger partial charge is 0.445 e. The molecular formula is C10H13NO5. The van der Waals surface area contributed by atoms with E-state index >= 15 is 0 Å². The number of rotatable bonds is 1. The van der Waals surface area contributed by atoms with Gasteiger partial charge in [0.25, 0.3) is 0 Å². The fourth-order valence-corrected chi connectivity index (χ4v) is 0.927. The third kappa shape index (κ3) is 3.30. The van der Waals surface area contributed by atoms with Crippen LogP contribution in [-0.2, 0) is 14.4 Å². The van der Waals surface area contributed by atoms with E-state index in [0.717, 1.165) is 12.5 Å². The molecule has 1 amide bonds. The third-order valence-electron chi connectivity index (χ3n) is 1.50. The van der Waals surface area contributed by atoms with Crippen LogP contribution in [0.25, 0.3) is 0 Å². The molecular weight excluding hydrogens is 214 g/mol. The Labute approximate surface area is 92.7 Å². The summed E-state index contributed by atoms with van der Waals surface area (Å²) >= 11 is 0. The zero-order valence-corrected chi connectivity index (χ0v) is 9.26. The van der Waals surface area contributed by atoms with Gasteiger partial charge in [-0.1, -0.05) is 0 Å². The predicted molar refractivity (Wildman–Crippen MR) is 54.0 cm³/mol. The highest BCUT2D eigenvalue weighted by atomic mass is 16.7. The monoisotopic (exact) mass is 227 g/mol. The Hall–Kier alpha value is -1.98. The Morgan fingerprint density at radius 3 is 2.56 bits per heavy atom. The van der Waals surface area contributed by atoms with Crippen molar-refractivity contribution in [1.29, 1.82) is 0 Å². The number of carbonyl (C=O) groups excluding carboxylic acids is 1. The molecule has 0 aromatic carbocycles. The Balaban J connectivity index is 2.76. The van der Waals surface area contributed by atoms with Gasteiger partial charge < -0.3 is 14.7 Å². The van der Waals surface area contributed by atoms with Gasteiger partial charge in [-0.3, -0.25) is 0 Å². The number of esters is 1. The van der Waals surface area contributed by atoms with Crippen LogP contribution in [-0.4, -0.2) is 27.8 Å². The second kappa shape index (κ2) is 4.26. The summed E-state index contributed by atoms with van der Waals surface area (Å²) in [6, 6.07) is 0. The van der Waals surface area contributed by atoms with Crippen LogP contribution < -0.4 is 0 Å². The lowest BCUT2D eigenvalue weighted by Crippen LogP contribution is -2.29. The van der Waals surface area contributed by atoms with Crippen LogP contribution in [0.5, 0.6) is 0 Å². The van der Waals surface area contributed by atoms with Crippen molar-refractivity contribution in [3.05, 3.63) is 24.1 Å². The number of hydrogen-bond acceptors (Lipinski definition) is 4. The van der Waals surface area contributed by atoms with Crippen LogP contribution in [0, 0.1) is 0 Å². The summed E-state index contributed by atoms with van der Waals surface area (Å²) < 4.78 is 5.07. The number of hydrogen-bond donors (Lipinski definition) is 1. The molecule has 1 N–H and O–H groups in total. The fourth-order valence-electron chi connectivity index (χ4n) is 0.927. The van der Waals surface area contributed by atoms with Crippen LogP contribution in [0.2, 0.25) is 0 Å². The maximum Gasteiger partial charge on any atom is 0.445 e. The van der Waals surface area contributed by atoms with Crippen LogP contribution in [0.1, 0.15) is 20.8 Å². The Bertz CT molecular complexity index is 364. The maximum atomic E-state index is 11.6. The molecule has 6 nitrogen and oxygen atoms in total. The Morgan fingerprint density at radius 1 is 1.44 bits per heavy atom. The van der Waals surface area contributed by atoms with Crippen molar-refractivity contribution < 1.29 is 24.3 Å². The number of nitrogens with zero attached hydrogens (tertiary/aromatic N) is 1. The lowest BCUT2D eigenvalue weighted by molar-refractivity contribution is -0.150. The molecule has 0 aromatic rings. The van der Waals surface area contributed by atoms with E-state index in [0.29, 0.717) is 5.06 Å². The fraction of sp³-hybridized carbons (Fsp3) is 0.400. The van der Waals surface area contributed by atoms with E-state index in [1.807, 2.05) is 0 Å². The van der Waals surface area contributed by atoms with E-state index in [2.05, 4.69) is 4.84 Å². The number of carboxylic acid groups (broad SMARTS) is 1. The third-order valence-corrected chi connectivity index (χ3v) is 1.50. The number of hydroxylamine groups is 2. The molecule has 0 spiro atoms. The van der Waals surface area contributed by atoms with Crippen molar-refractivity contribution in [2.45, 2.75) is 26.4 Å². The van der Waals surface area contributed by atoms with E-state index in [9.17, 15) is 9.59 Å². The molecule has 1 aliphatic heterocycles. The molecule has 0 unspecified atom stereocenters. The first kappa shape index (κ1) is 12.1. The minimum atomic E-state index is -1.31. The minimum absolute atomic E-state index is 0.114. The molecule has 0 bridgehead atoms. The highest BCUT2D eigenvalue weighted by Crippen LogP contribution is 2.15. The average Bonchev–Trinajstić information content (AvgIpc) is 2.15. The largest absolute Gasteiger partial charge is 0.463 e. The van der Waals surface area contributed by atoms with Crippen molar-refractivity contribution >= 4 is 12.1 Å². The van der Waals surface area contributed by atoms with E-state index < -0.39 is 17.7 Å². The number of ether oxygens (including phenoxy) is 1. The summed E-state index contributed by atoms with van der Waals surface area (Å²) in [6.45, 7) is 5.18. The van der Waals surface area contributed by atoms with Crippen LogP contribution in [0.4, 0.5) is 4.79 Å². The molecule has 0 radical (unpaired) electrons. The van der Waals surface area contributed by atoms with Gasteiger partial charge in [-0.25, -0.2) is 9.59 Å². The van der Waals surface area contributed by atoms with E-state index in [1.165, 1.54) is 6.08 Å². The van der Waals surface area contributed by atoms with Gasteiger partial charge in [0.1, 0.15) is 11.9 Å². The van der Waals surface area contributed by atoms with Gasteiger partial charge in [0.15, 0.2) is 0 Å². The van der Waals surface area contributed by atoms with Crippen molar-refractivity contribution in [3.63, 3.8) is 0 Å². The van der Waals surface area contributed by atoms with Crippen molar-refractivity contribution in [1.82, 2.24) is 5.06 Å². The standard InChI is InChI=1S/C10H13NO5/c1-10(2,3)16-8(12)7-4-5-15-11(6-7)9(13)14/h4-6H,1-3H3,(H,13,14). The van der Waals surface area contributed by atoms with E-state index in [4.69, 9.17) is 9.84 Å². The van der Waals surface area contributed by atoms with Gasteiger partial charge in [0, 0.05) is 0 Å². The second-order valence-corrected chi connectivity index (χ2v) is 4.10. The van der Waals surface area contributed by atoms with Gasteiger partial charge in [-0.15, -0.1) is 5.06 Å². The molecule has 1 aliphatic rings. The van der Waals surface area contributed by atoms with Gasteiger partial charge >= 0.3 is 12.1 Å². The molecule has 6 heteroatoms. The van der Waals surface area contributed by atoms with Crippen molar-refractivity contribution in [2.24, 2.45) is 0 Å². The number of amides is 1. The molecule has 88 valence electrons. The lowest BCUT2D eigenvalue weighted by Gasteiger charge is -2.22. The summed E-state index contributed by atoms with van der Waals surface area (Å²) in [6.07, 6.45) is 2.18. The van der Waals surface area contributed by atoms with Crippen molar-refractivity contribution in [2.75, 3.05) is 0 Å². The first-order valence-corrected chi connectivity index (χ1v) is 4.60. The van der Waals surface area contributed by atoms with Crippen LogP contribution in [0.3, 0.4) is 0 Å². The van der Waals surface area contributed by atoms with Crippen molar-refractivity contribution in [3.8, 4) is 0 Å². The zero-order valence-electron chi connectivity index (χ0n) is 9.26. The quantitative estimate of drug-likeness (QED) is 0.689. The Kier molecular flexibility index (Phi) is 3.22. The lowest BCUT2D eigenvalue weighted by atomic mass is 10.2. The topological polar surface area (TPSA) is 76.1 Å². The summed E-state index contributed by atoms with van der Waals surface area (Å²) in [4.78, 5) is 26.8. The first-order valence-electron chi connectivity index (χ1n) is 4.60. The maximum absolute atomic E-state index is 11.6.